The van der Waals surface area contributed by atoms with Gasteiger partial charge in [0.1, 0.15) is 6.61 Å². The van der Waals surface area contributed by atoms with E-state index in [1.807, 2.05) is 48.6 Å². The third kappa shape index (κ3) is 11.9. The average Bonchev–Trinajstić information content (AvgIpc) is 3.40. The van der Waals surface area contributed by atoms with Crippen molar-refractivity contribution in [3.8, 4) is 11.1 Å². The predicted octanol–water partition coefficient (Wildman–Crippen LogP) is 7.65. The zero-order valence-electron chi connectivity index (χ0n) is 27.6. The summed E-state index contributed by atoms with van der Waals surface area (Å²) in [5.41, 5.74) is 3.93. The molecule has 0 saturated heterocycles. The minimum Gasteiger partial charge on any atom is -0.465 e. The SMILES string of the molecule is CCOC(=O)C(COC(=O)CC)(C(=O)OCC)C1=CCC=CC=C1.NC(=O)c1ccccc1-c1cccc(C(F)(F)F)c1.c1ccccc1. The van der Waals surface area contributed by atoms with Gasteiger partial charge in [0.2, 0.25) is 11.3 Å². The first-order chi connectivity index (χ1) is 23.4. The normalized spacial score (nSPS) is 12.1. The van der Waals surface area contributed by atoms with Crippen molar-refractivity contribution < 1.29 is 46.6 Å². The van der Waals surface area contributed by atoms with Crippen molar-refractivity contribution in [3.05, 3.63) is 132 Å². The lowest BCUT2D eigenvalue weighted by molar-refractivity contribution is -0.174. The highest BCUT2D eigenvalue weighted by Crippen LogP contribution is 2.35. The topological polar surface area (TPSA) is 122 Å². The van der Waals surface area contributed by atoms with E-state index in [4.69, 9.17) is 19.9 Å². The Morgan fingerprint density at radius 1 is 0.755 bits per heavy atom. The smallest absolute Gasteiger partial charge is 0.416 e. The molecule has 0 fully saturated rings. The van der Waals surface area contributed by atoms with Crippen molar-refractivity contribution in [1.29, 1.82) is 0 Å². The minimum atomic E-state index is -4.42. The number of hydrogen-bond donors (Lipinski definition) is 1. The second-order valence-electron chi connectivity index (χ2n) is 10.2. The summed E-state index contributed by atoms with van der Waals surface area (Å²) in [6, 6.07) is 23.1. The first-order valence-electron chi connectivity index (χ1n) is 15.5. The van der Waals surface area contributed by atoms with E-state index in [0.717, 1.165) is 12.1 Å². The van der Waals surface area contributed by atoms with E-state index in [9.17, 15) is 32.3 Å². The maximum Gasteiger partial charge on any atom is 0.416 e. The quantitative estimate of drug-likeness (QED) is 0.133. The van der Waals surface area contributed by atoms with Crippen LogP contribution in [0.15, 0.2) is 121 Å². The molecule has 4 rings (SSSR count). The molecule has 2 N–H and O–H groups in total. The molecule has 49 heavy (non-hydrogen) atoms. The van der Waals surface area contributed by atoms with Crippen LogP contribution in [0.5, 0.6) is 0 Å². The van der Waals surface area contributed by atoms with E-state index in [0.29, 0.717) is 23.1 Å². The van der Waals surface area contributed by atoms with Gasteiger partial charge in [0.15, 0.2) is 0 Å². The van der Waals surface area contributed by atoms with Crippen LogP contribution in [-0.2, 0) is 34.8 Å². The minimum absolute atomic E-state index is 0.0942. The lowest BCUT2D eigenvalue weighted by atomic mass is 9.79. The van der Waals surface area contributed by atoms with Gasteiger partial charge >= 0.3 is 24.1 Å². The summed E-state index contributed by atoms with van der Waals surface area (Å²) in [5.74, 6) is -2.76. The predicted molar refractivity (Wildman–Crippen MR) is 180 cm³/mol. The Labute approximate surface area is 284 Å². The number of alkyl halides is 3. The molecule has 0 heterocycles. The molecule has 0 bridgehead atoms. The molecule has 0 saturated carbocycles. The largest absolute Gasteiger partial charge is 0.465 e. The Morgan fingerprint density at radius 3 is 1.88 bits per heavy atom. The van der Waals surface area contributed by atoms with E-state index >= 15 is 0 Å². The summed E-state index contributed by atoms with van der Waals surface area (Å²) in [6.07, 6.45) is 5.02. The fourth-order valence-electron chi connectivity index (χ4n) is 4.41. The van der Waals surface area contributed by atoms with Gasteiger partial charge in [-0.05, 0) is 55.2 Å². The summed E-state index contributed by atoms with van der Waals surface area (Å²) < 4.78 is 53.3. The van der Waals surface area contributed by atoms with Crippen LogP contribution in [-0.4, -0.2) is 43.6 Å². The number of ether oxygens (including phenoxy) is 3. The molecule has 0 spiro atoms. The van der Waals surface area contributed by atoms with Crippen LogP contribution in [0.3, 0.4) is 0 Å². The highest BCUT2D eigenvalue weighted by atomic mass is 19.4. The Balaban J connectivity index is 0.000000294. The molecule has 1 aliphatic carbocycles. The highest BCUT2D eigenvalue weighted by Gasteiger charge is 2.52. The van der Waals surface area contributed by atoms with Crippen molar-refractivity contribution in [1.82, 2.24) is 0 Å². The lowest BCUT2D eigenvalue weighted by Crippen LogP contribution is -2.47. The third-order valence-corrected chi connectivity index (χ3v) is 6.84. The van der Waals surface area contributed by atoms with E-state index < -0.39 is 47.6 Å². The van der Waals surface area contributed by atoms with Crippen LogP contribution in [0.2, 0.25) is 0 Å². The van der Waals surface area contributed by atoms with Gasteiger partial charge in [-0.25, -0.2) is 0 Å². The third-order valence-electron chi connectivity index (χ3n) is 6.84. The van der Waals surface area contributed by atoms with Crippen LogP contribution in [0, 0.1) is 5.41 Å². The van der Waals surface area contributed by atoms with Gasteiger partial charge in [-0.15, -0.1) is 0 Å². The van der Waals surface area contributed by atoms with Crippen molar-refractivity contribution in [2.75, 3.05) is 19.8 Å². The van der Waals surface area contributed by atoms with Crippen molar-refractivity contribution in [2.24, 2.45) is 11.1 Å². The summed E-state index contributed by atoms with van der Waals surface area (Å²) in [5, 5.41) is 0. The molecule has 0 atom stereocenters. The number of primary amides is 1. The molecule has 0 unspecified atom stereocenters. The van der Waals surface area contributed by atoms with E-state index in [1.54, 1.807) is 57.2 Å². The Hall–Kier alpha value is -5.45. The zero-order valence-corrected chi connectivity index (χ0v) is 27.6. The van der Waals surface area contributed by atoms with Crippen molar-refractivity contribution in [2.45, 2.75) is 39.8 Å². The Bertz CT molecular complexity index is 1580. The van der Waals surface area contributed by atoms with E-state index in [2.05, 4.69) is 0 Å². The van der Waals surface area contributed by atoms with Crippen LogP contribution in [0.4, 0.5) is 13.2 Å². The first-order valence-corrected chi connectivity index (χ1v) is 15.5. The number of halogens is 3. The standard InChI is InChI=1S/C18H24O6.C14H10F3NO.C6H6/c1-4-15(19)24-13-18(16(20)22-5-2,17(21)23-6-3)14-11-9-7-8-10-12-14;15-14(16,17)10-5-3-4-9(8-10)11-6-1-2-7-12(11)13(18)19;1-2-4-6-5-3-1/h7-9,11-12H,4-6,10,13H2,1-3H3;1-8H,(H2,18,19);1-6H. The number of amides is 1. The monoisotopic (exact) mass is 679 g/mol. The number of nitrogens with two attached hydrogens (primary N) is 1. The van der Waals surface area contributed by atoms with Gasteiger partial charge in [-0.1, -0.05) is 104 Å². The van der Waals surface area contributed by atoms with Gasteiger partial charge in [0.25, 0.3) is 0 Å². The van der Waals surface area contributed by atoms with Gasteiger partial charge < -0.3 is 19.9 Å². The molecule has 0 aliphatic heterocycles. The zero-order chi connectivity index (χ0) is 36.3. The maximum absolute atomic E-state index is 12.7. The fourth-order valence-corrected chi connectivity index (χ4v) is 4.41. The Kier molecular flexibility index (Phi) is 16.2. The molecular formula is C38H40F3NO7. The molecule has 8 nitrogen and oxygen atoms in total. The van der Waals surface area contributed by atoms with Gasteiger partial charge in [-0.2, -0.15) is 13.2 Å². The second-order valence-corrected chi connectivity index (χ2v) is 10.2. The summed E-state index contributed by atoms with van der Waals surface area (Å²) >= 11 is 0. The number of rotatable bonds is 10. The molecule has 1 aliphatic rings. The number of carbonyl (C=O) groups excluding carboxylic acids is 4. The first kappa shape index (κ1) is 39.7. The number of carbonyl (C=O) groups is 4. The van der Waals surface area contributed by atoms with Crippen LogP contribution < -0.4 is 5.73 Å². The second kappa shape index (κ2) is 20.0. The van der Waals surface area contributed by atoms with E-state index in [-0.39, 0.29) is 25.2 Å². The lowest BCUT2D eigenvalue weighted by Gasteiger charge is -2.29. The van der Waals surface area contributed by atoms with Gasteiger partial charge in [0.05, 0.1) is 18.8 Å². The molecule has 0 radical (unpaired) electrons. The summed E-state index contributed by atoms with van der Waals surface area (Å²) in [7, 11) is 0. The average molecular weight is 680 g/mol. The van der Waals surface area contributed by atoms with Crippen LogP contribution >= 0.6 is 0 Å². The number of esters is 3. The fraction of sp³-hybridized carbons (Fsp3) is 0.263. The number of allylic oxidation sites excluding steroid dienone is 5. The molecular weight excluding hydrogens is 639 g/mol. The molecule has 0 aromatic heterocycles. The van der Waals surface area contributed by atoms with Crippen molar-refractivity contribution >= 4 is 23.8 Å². The number of benzene rings is 3. The maximum atomic E-state index is 12.7. The summed E-state index contributed by atoms with van der Waals surface area (Å²) in [4.78, 5) is 48.2. The molecule has 260 valence electrons. The van der Waals surface area contributed by atoms with Crippen LogP contribution in [0.1, 0.15) is 49.5 Å². The van der Waals surface area contributed by atoms with E-state index in [1.165, 1.54) is 18.2 Å². The Morgan fingerprint density at radius 2 is 1.35 bits per heavy atom. The highest BCUT2D eigenvalue weighted by molar-refractivity contribution is 6.05. The van der Waals surface area contributed by atoms with Gasteiger partial charge in [0, 0.05) is 12.0 Å². The molecule has 1 amide bonds. The van der Waals surface area contributed by atoms with Crippen molar-refractivity contribution in [3.63, 3.8) is 0 Å². The summed E-state index contributed by atoms with van der Waals surface area (Å²) in [6.45, 7) is 4.66. The molecule has 3 aromatic carbocycles. The van der Waals surface area contributed by atoms with Crippen LogP contribution in [0.25, 0.3) is 11.1 Å². The molecule has 3 aromatic rings. The molecule has 11 heteroatoms. The van der Waals surface area contributed by atoms with Gasteiger partial charge in [-0.3, -0.25) is 19.2 Å². The number of hydrogen-bond acceptors (Lipinski definition) is 7.